The number of halogens is 3. The number of carbonyl (C=O) groups is 1. The van der Waals surface area contributed by atoms with Gasteiger partial charge < -0.3 is 15.2 Å². The van der Waals surface area contributed by atoms with Crippen LogP contribution in [0.1, 0.15) is 24.0 Å². The lowest BCUT2D eigenvalue weighted by atomic mass is 9.93. The number of H-pyrrole nitrogens is 1. The summed E-state index contributed by atoms with van der Waals surface area (Å²) in [6.07, 6.45) is 5.06. The van der Waals surface area contributed by atoms with E-state index in [1.807, 2.05) is 29.3 Å². The Morgan fingerprint density at radius 1 is 1.06 bits per heavy atom. The number of aromatic amines is 1. The lowest BCUT2D eigenvalue weighted by molar-refractivity contribution is -0.137. The van der Waals surface area contributed by atoms with E-state index in [2.05, 4.69) is 28.5 Å². The number of nitrogens with one attached hydrogen (secondary N) is 2. The van der Waals surface area contributed by atoms with Gasteiger partial charge in [0, 0.05) is 35.9 Å². The largest absolute Gasteiger partial charge is 0.416 e. The van der Waals surface area contributed by atoms with E-state index in [4.69, 9.17) is 0 Å². The third-order valence-electron chi connectivity index (χ3n) is 6.95. The number of nitrogens with zero attached hydrogens (tertiary/aromatic N) is 1. The zero-order valence-corrected chi connectivity index (χ0v) is 18.1. The highest BCUT2D eigenvalue weighted by molar-refractivity contribution is 5.89. The number of hydrogen-bond acceptors (Lipinski definition) is 1. The Bertz CT molecular complexity index is 1170. The van der Waals surface area contributed by atoms with E-state index in [-0.39, 0.29) is 6.03 Å². The van der Waals surface area contributed by atoms with Crippen LogP contribution < -0.4 is 5.32 Å². The average Bonchev–Trinajstić information content (AvgIpc) is 3.52. The summed E-state index contributed by atoms with van der Waals surface area (Å²) in [6.45, 7) is 1.17. The molecule has 0 aliphatic heterocycles. The van der Waals surface area contributed by atoms with Crippen LogP contribution in [0.2, 0.25) is 0 Å². The van der Waals surface area contributed by atoms with Crippen molar-refractivity contribution in [1.29, 1.82) is 0 Å². The van der Waals surface area contributed by atoms with Crippen molar-refractivity contribution in [2.45, 2.75) is 25.4 Å². The van der Waals surface area contributed by atoms with Crippen molar-refractivity contribution < 1.29 is 18.0 Å². The highest BCUT2D eigenvalue weighted by atomic mass is 19.4. The standard InChI is InChI=1S/C26H26F3N3O/c27-26(28,29)21-7-9-22(10-8-21)31-25(33)32(16-20-14-17-5-6-18(20)13-17)12-11-19-15-30-24-4-2-1-3-23(19)24/h1-10,15,17-18,20,30H,11-14,16H2,(H,31,33). The maximum Gasteiger partial charge on any atom is 0.416 e. The van der Waals surface area contributed by atoms with Crippen molar-refractivity contribution >= 4 is 22.6 Å². The van der Waals surface area contributed by atoms with Gasteiger partial charge in [-0.3, -0.25) is 0 Å². The number of fused-ring (bicyclic) bond motifs is 3. The molecule has 1 fully saturated rings. The van der Waals surface area contributed by atoms with E-state index in [1.165, 1.54) is 12.1 Å². The summed E-state index contributed by atoms with van der Waals surface area (Å²) in [5, 5.41) is 3.94. The van der Waals surface area contributed by atoms with Crippen molar-refractivity contribution in [2.24, 2.45) is 17.8 Å². The number of hydrogen-bond donors (Lipinski definition) is 2. The molecule has 0 radical (unpaired) electrons. The van der Waals surface area contributed by atoms with Crippen molar-refractivity contribution in [1.82, 2.24) is 9.88 Å². The second-order valence-electron chi connectivity index (χ2n) is 9.10. The molecule has 3 unspecified atom stereocenters. The first-order valence-electron chi connectivity index (χ1n) is 11.3. The van der Waals surface area contributed by atoms with E-state index in [0.29, 0.717) is 43.0 Å². The Morgan fingerprint density at radius 2 is 1.85 bits per heavy atom. The summed E-state index contributed by atoms with van der Waals surface area (Å²) in [4.78, 5) is 18.3. The van der Waals surface area contributed by atoms with Gasteiger partial charge in [0.15, 0.2) is 0 Å². The van der Waals surface area contributed by atoms with Crippen LogP contribution in [0.4, 0.5) is 23.7 Å². The Labute approximate surface area is 190 Å². The fourth-order valence-electron chi connectivity index (χ4n) is 5.20. The fourth-order valence-corrected chi connectivity index (χ4v) is 5.20. The van der Waals surface area contributed by atoms with Crippen molar-refractivity contribution in [3.8, 4) is 0 Å². The topological polar surface area (TPSA) is 48.1 Å². The Hall–Kier alpha value is -3.22. The molecule has 7 heteroatoms. The third kappa shape index (κ3) is 4.63. The number of carbonyl (C=O) groups excluding carboxylic acids is 1. The number of alkyl halides is 3. The van der Waals surface area contributed by atoms with Crippen LogP contribution in [0.3, 0.4) is 0 Å². The van der Waals surface area contributed by atoms with Crippen LogP contribution in [0.25, 0.3) is 10.9 Å². The molecule has 2 bridgehead atoms. The molecule has 1 aromatic heterocycles. The SMILES string of the molecule is O=C(Nc1ccc(C(F)(F)F)cc1)N(CCc1c[nH]c2ccccc12)CC1CC2C=CC1C2. The number of benzene rings is 2. The van der Waals surface area contributed by atoms with Crippen LogP contribution in [-0.4, -0.2) is 29.0 Å². The Morgan fingerprint density at radius 3 is 2.55 bits per heavy atom. The van der Waals surface area contributed by atoms with Gasteiger partial charge in [-0.05, 0) is 72.9 Å². The van der Waals surface area contributed by atoms with Crippen LogP contribution in [-0.2, 0) is 12.6 Å². The van der Waals surface area contributed by atoms with Gasteiger partial charge in [-0.2, -0.15) is 13.2 Å². The van der Waals surface area contributed by atoms with E-state index >= 15 is 0 Å². The molecule has 1 saturated carbocycles. The molecule has 2 amide bonds. The van der Waals surface area contributed by atoms with Crippen LogP contribution in [0.15, 0.2) is 66.9 Å². The molecule has 2 aromatic carbocycles. The van der Waals surface area contributed by atoms with E-state index in [0.717, 1.165) is 41.4 Å². The van der Waals surface area contributed by atoms with Gasteiger partial charge in [-0.1, -0.05) is 30.4 Å². The predicted octanol–water partition coefficient (Wildman–Crippen LogP) is 6.48. The monoisotopic (exact) mass is 453 g/mol. The minimum absolute atomic E-state index is 0.277. The molecule has 172 valence electrons. The van der Waals surface area contributed by atoms with Crippen molar-refractivity contribution in [3.63, 3.8) is 0 Å². The first-order chi connectivity index (χ1) is 15.9. The van der Waals surface area contributed by atoms with E-state index in [9.17, 15) is 18.0 Å². The zero-order valence-electron chi connectivity index (χ0n) is 18.1. The minimum atomic E-state index is -4.40. The maximum absolute atomic E-state index is 13.2. The number of urea groups is 1. The Kier molecular flexibility index (Phi) is 5.64. The van der Waals surface area contributed by atoms with E-state index in [1.54, 1.807) is 0 Å². The predicted molar refractivity (Wildman–Crippen MR) is 123 cm³/mol. The van der Waals surface area contributed by atoms with Crippen LogP contribution in [0.5, 0.6) is 0 Å². The number of rotatable bonds is 6. The molecular weight excluding hydrogens is 427 g/mol. The highest BCUT2D eigenvalue weighted by Crippen LogP contribution is 2.43. The molecule has 33 heavy (non-hydrogen) atoms. The average molecular weight is 454 g/mol. The molecule has 0 spiro atoms. The molecule has 2 aliphatic carbocycles. The van der Waals surface area contributed by atoms with Gasteiger partial charge in [0.25, 0.3) is 0 Å². The second-order valence-corrected chi connectivity index (χ2v) is 9.10. The fraction of sp³-hybridized carbons (Fsp3) is 0.346. The number of allylic oxidation sites excluding steroid dienone is 2. The maximum atomic E-state index is 13.2. The first-order valence-corrected chi connectivity index (χ1v) is 11.3. The summed E-state index contributed by atoms with van der Waals surface area (Å²) < 4.78 is 38.6. The lowest BCUT2D eigenvalue weighted by Gasteiger charge is -2.29. The Balaban J connectivity index is 1.30. The summed E-state index contributed by atoms with van der Waals surface area (Å²) >= 11 is 0. The summed E-state index contributed by atoms with van der Waals surface area (Å²) in [7, 11) is 0. The van der Waals surface area contributed by atoms with E-state index < -0.39 is 11.7 Å². The highest BCUT2D eigenvalue weighted by Gasteiger charge is 2.37. The summed E-state index contributed by atoms with van der Waals surface area (Å²) in [5.74, 6) is 1.53. The molecule has 3 aromatic rings. The number of anilines is 1. The van der Waals surface area contributed by atoms with Gasteiger partial charge in [0.05, 0.1) is 5.56 Å². The molecular formula is C26H26F3N3O. The quantitative estimate of drug-likeness (QED) is 0.413. The summed E-state index contributed by atoms with van der Waals surface area (Å²) in [5.41, 5.74) is 1.83. The summed E-state index contributed by atoms with van der Waals surface area (Å²) in [6, 6.07) is 12.4. The molecule has 3 atom stereocenters. The van der Waals surface area contributed by atoms with Crippen molar-refractivity contribution in [2.75, 3.05) is 18.4 Å². The number of amides is 2. The van der Waals surface area contributed by atoms with Crippen LogP contribution in [0, 0.1) is 17.8 Å². The molecule has 1 heterocycles. The normalized spacial score (nSPS) is 21.6. The molecule has 0 saturated heterocycles. The first kappa shape index (κ1) is 21.6. The zero-order chi connectivity index (χ0) is 23.0. The molecule has 2 aliphatic rings. The number of aromatic nitrogens is 1. The van der Waals surface area contributed by atoms with Gasteiger partial charge in [0.2, 0.25) is 0 Å². The molecule has 4 nitrogen and oxygen atoms in total. The molecule has 2 N–H and O–H groups in total. The van der Waals surface area contributed by atoms with Gasteiger partial charge in [-0.15, -0.1) is 0 Å². The third-order valence-corrected chi connectivity index (χ3v) is 6.95. The molecule has 5 rings (SSSR count). The number of para-hydroxylation sites is 1. The van der Waals surface area contributed by atoms with Gasteiger partial charge in [-0.25, -0.2) is 4.79 Å². The lowest BCUT2D eigenvalue weighted by Crippen LogP contribution is -2.40. The van der Waals surface area contributed by atoms with Gasteiger partial charge >= 0.3 is 12.2 Å². The van der Waals surface area contributed by atoms with Crippen LogP contribution >= 0.6 is 0 Å². The van der Waals surface area contributed by atoms with Gasteiger partial charge in [0.1, 0.15) is 0 Å². The smallest absolute Gasteiger partial charge is 0.361 e. The minimum Gasteiger partial charge on any atom is -0.361 e. The second kappa shape index (κ2) is 8.61. The van der Waals surface area contributed by atoms with Crippen molar-refractivity contribution in [3.05, 3.63) is 78.0 Å².